The Labute approximate surface area is 158 Å². The standard InChI is InChI=1S/C20H23ClN2O3/c21-17-6-8-19(9-7-17)26-11-10-22-20(24)23-18-3-1-2-16(12-18)14-25-13-15-4-5-15/h1-3,6-9,12,15H,4-5,10-11,13-14H2,(H2,22,23,24). The Morgan fingerprint density at radius 2 is 1.96 bits per heavy atom. The van der Waals surface area contributed by atoms with E-state index in [0.29, 0.717) is 24.8 Å². The molecule has 3 rings (SSSR count). The largest absolute Gasteiger partial charge is 0.492 e. The number of benzene rings is 2. The van der Waals surface area contributed by atoms with Crippen molar-refractivity contribution in [2.24, 2.45) is 5.92 Å². The average Bonchev–Trinajstić information content (AvgIpc) is 3.45. The lowest BCUT2D eigenvalue weighted by atomic mass is 10.2. The number of carbonyl (C=O) groups is 1. The number of hydrogen-bond acceptors (Lipinski definition) is 3. The minimum absolute atomic E-state index is 0.263. The van der Waals surface area contributed by atoms with Crippen LogP contribution in [0.15, 0.2) is 48.5 Å². The lowest BCUT2D eigenvalue weighted by molar-refractivity contribution is 0.111. The topological polar surface area (TPSA) is 59.6 Å². The monoisotopic (exact) mass is 374 g/mol. The van der Waals surface area contributed by atoms with Gasteiger partial charge in [0.25, 0.3) is 0 Å². The molecule has 1 saturated carbocycles. The van der Waals surface area contributed by atoms with Crippen molar-refractivity contribution in [3.05, 3.63) is 59.1 Å². The van der Waals surface area contributed by atoms with Crippen LogP contribution in [0.5, 0.6) is 5.75 Å². The van der Waals surface area contributed by atoms with E-state index < -0.39 is 0 Å². The van der Waals surface area contributed by atoms with Crippen LogP contribution in [0.1, 0.15) is 18.4 Å². The zero-order valence-corrected chi connectivity index (χ0v) is 15.3. The van der Waals surface area contributed by atoms with E-state index in [1.807, 2.05) is 24.3 Å². The Balaban J connectivity index is 1.35. The fourth-order valence-corrected chi connectivity index (χ4v) is 2.53. The van der Waals surface area contributed by atoms with Gasteiger partial charge in [0.2, 0.25) is 0 Å². The smallest absolute Gasteiger partial charge is 0.319 e. The van der Waals surface area contributed by atoms with E-state index in [-0.39, 0.29) is 6.03 Å². The predicted octanol–water partition coefficient (Wildman–Crippen LogP) is 4.47. The lowest BCUT2D eigenvalue weighted by Gasteiger charge is -2.10. The molecule has 2 N–H and O–H groups in total. The van der Waals surface area contributed by atoms with Crippen molar-refractivity contribution in [3.8, 4) is 5.75 Å². The van der Waals surface area contributed by atoms with Gasteiger partial charge in [-0.2, -0.15) is 0 Å². The zero-order valence-electron chi connectivity index (χ0n) is 14.5. The number of nitrogens with one attached hydrogen (secondary N) is 2. The second-order valence-corrected chi connectivity index (χ2v) is 6.78. The van der Waals surface area contributed by atoms with E-state index in [4.69, 9.17) is 21.1 Å². The van der Waals surface area contributed by atoms with E-state index >= 15 is 0 Å². The van der Waals surface area contributed by atoms with Crippen LogP contribution in [0.3, 0.4) is 0 Å². The van der Waals surface area contributed by atoms with Crippen molar-refractivity contribution in [2.45, 2.75) is 19.4 Å². The highest BCUT2D eigenvalue weighted by Gasteiger charge is 2.21. The van der Waals surface area contributed by atoms with Gasteiger partial charge in [-0.1, -0.05) is 23.7 Å². The summed E-state index contributed by atoms with van der Waals surface area (Å²) in [7, 11) is 0. The van der Waals surface area contributed by atoms with Crippen molar-refractivity contribution in [1.29, 1.82) is 0 Å². The Kier molecular flexibility index (Phi) is 6.75. The van der Waals surface area contributed by atoms with E-state index in [9.17, 15) is 4.79 Å². The number of carbonyl (C=O) groups excluding carboxylic acids is 1. The maximum atomic E-state index is 12.0. The number of rotatable bonds is 9. The maximum Gasteiger partial charge on any atom is 0.319 e. The van der Waals surface area contributed by atoms with Crippen LogP contribution in [0.4, 0.5) is 10.5 Å². The van der Waals surface area contributed by atoms with Crippen molar-refractivity contribution < 1.29 is 14.3 Å². The molecule has 2 amide bonds. The zero-order chi connectivity index (χ0) is 18.2. The molecule has 0 bridgehead atoms. The number of urea groups is 1. The summed E-state index contributed by atoms with van der Waals surface area (Å²) in [5.41, 5.74) is 1.79. The molecule has 1 aliphatic rings. The normalized spacial score (nSPS) is 13.3. The highest BCUT2D eigenvalue weighted by molar-refractivity contribution is 6.30. The lowest BCUT2D eigenvalue weighted by Crippen LogP contribution is -2.32. The summed E-state index contributed by atoms with van der Waals surface area (Å²) in [6.45, 7) is 2.18. The van der Waals surface area contributed by atoms with Gasteiger partial charge in [-0.25, -0.2) is 4.79 Å². The highest BCUT2D eigenvalue weighted by atomic mass is 35.5. The number of amides is 2. The summed E-state index contributed by atoms with van der Waals surface area (Å²) < 4.78 is 11.2. The van der Waals surface area contributed by atoms with Crippen molar-refractivity contribution in [3.63, 3.8) is 0 Å². The van der Waals surface area contributed by atoms with Gasteiger partial charge in [0.15, 0.2) is 0 Å². The Morgan fingerprint density at radius 1 is 1.15 bits per heavy atom. The van der Waals surface area contributed by atoms with E-state index in [2.05, 4.69) is 10.6 Å². The minimum atomic E-state index is -0.263. The van der Waals surface area contributed by atoms with Gasteiger partial charge in [0, 0.05) is 17.3 Å². The van der Waals surface area contributed by atoms with Gasteiger partial charge >= 0.3 is 6.03 Å². The molecule has 0 atom stereocenters. The van der Waals surface area contributed by atoms with Crippen LogP contribution >= 0.6 is 11.6 Å². The Morgan fingerprint density at radius 3 is 2.73 bits per heavy atom. The third-order valence-electron chi connectivity index (χ3n) is 3.97. The van der Waals surface area contributed by atoms with E-state index in [1.54, 1.807) is 24.3 Å². The second kappa shape index (κ2) is 9.46. The summed E-state index contributed by atoms with van der Waals surface area (Å²) in [4.78, 5) is 12.0. The SMILES string of the molecule is O=C(NCCOc1ccc(Cl)cc1)Nc1cccc(COCC2CC2)c1. The van der Waals surface area contributed by atoms with Crippen molar-refractivity contribution in [1.82, 2.24) is 5.32 Å². The molecule has 2 aromatic rings. The summed E-state index contributed by atoms with van der Waals surface area (Å²) in [5.74, 6) is 1.47. The molecule has 138 valence electrons. The molecule has 1 aliphatic carbocycles. The Hall–Kier alpha value is -2.24. The molecule has 26 heavy (non-hydrogen) atoms. The molecule has 5 nitrogen and oxygen atoms in total. The molecular weight excluding hydrogens is 352 g/mol. The number of anilines is 1. The second-order valence-electron chi connectivity index (χ2n) is 6.34. The first-order valence-corrected chi connectivity index (χ1v) is 9.17. The molecule has 0 spiro atoms. The predicted molar refractivity (Wildman–Crippen MR) is 103 cm³/mol. The summed E-state index contributed by atoms with van der Waals surface area (Å²) >= 11 is 5.82. The number of halogens is 1. The first-order chi connectivity index (χ1) is 12.7. The van der Waals surface area contributed by atoms with E-state index in [1.165, 1.54) is 12.8 Å². The summed E-state index contributed by atoms with van der Waals surface area (Å²) in [6, 6.07) is 14.5. The molecule has 0 aromatic heterocycles. The molecule has 0 aliphatic heterocycles. The van der Waals surface area contributed by atoms with Crippen molar-refractivity contribution in [2.75, 3.05) is 25.1 Å². The van der Waals surface area contributed by atoms with Crippen LogP contribution in [-0.2, 0) is 11.3 Å². The van der Waals surface area contributed by atoms with Gasteiger partial charge in [-0.15, -0.1) is 0 Å². The molecule has 0 unspecified atom stereocenters. The molecule has 2 aromatic carbocycles. The molecule has 0 saturated heterocycles. The Bertz CT molecular complexity index is 717. The first-order valence-electron chi connectivity index (χ1n) is 8.79. The molecule has 6 heteroatoms. The van der Waals surface area contributed by atoms with Crippen LogP contribution in [-0.4, -0.2) is 25.8 Å². The molecular formula is C20H23ClN2O3. The number of ether oxygens (including phenoxy) is 2. The maximum absolute atomic E-state index is 12.0. The van der Waals surface area contributed by atoms with Gasteiger partial charge in [-0.3, -0.25) is 0 Å². The minimum Gasteiger partial charge on any atom is -0.492 e. The van der Waals surface area contributed by atoms with Crippen LogP contribution in [0.25, 0.3) is 0 Å². The quantitative estimate of drug-likeness (QED) is 0.637. The average molecular weight is 375 g/mol. The van der Waals surface area contributed by atoms with E-state index in [0.717, 1.165) is 29.5 Å². The third-order valence-corrected chi connectivity index (χ3v) is 4.23. The van der Waals surface area contributed by atoms with Crippen LogP contribution in [0, 0.1) is 5.92 Å². The first kappa shape index (κ1) is 18.5. The molecule has 0 heterocycles. The fraction of sp³-hybridized carbons (Fsp3) is 0.350. The molecule has 1 fully saturated rings. The third kappa shape index (κ3) is 6.58. The van der Waals surface area contributed by atoms with Gasteiger partial charge in [-0.05, 0) is 60.7 Å². The number of hydrogen-bond donors (Lipinski definition) is 2. The van der Waals surface area contributed by atoms with Crippen LogP contribution in [0.2, 0.25) is 5.02 Å². The highest BCUT2D eigenvalue weighted by Crippen LogP contribution is 2.29. The summed E-state index contributed by atoms with van der Waals surface area (Å²) in [6.07, 6.45) is 2.56. The molecule has 0 radical (unpaired) electrons. The fourth-order valence-electron chi connectivity index (χ4n) is 2.41. The van der Waals surface area contributed by atoms with Crippen molar-refractivity contribution >= 4 is 23.3 Å². The van der Waals surface area contributed by atoms with Gasteiger partial charge in [0.1, 0.15) is 12.4 Å². The van der Waals surface area contributed by atoms with Gasteiger partial charge < -0.3 is 20.1 Å². The van der Waals surface area contributed by atoms with Crippen LogP contribution < -0.4 is 15.4 Å². The summed E-state index contributed by atoms with van der Waals surface area (Å²) in [5, 5.41) is 6.25. The van der Waals surface area contributed by atoms with Gasteiger partial charge in [0.05, 0.1) is 13.2 Å².